The molecule has 0 saturated carbocycles. The molecule has 0 amide bonds. The number of hydrogen-bond acceptors (Lipinski definition) is 6. The van der Waals surface area contributed by atoms with Crippen LogP contribution >= 0.6 is 0 Å². The molecule has 0 radical (unpaired) electrons. The number of aryl methyl sites for hydroxylation is 2. The number of carboxylic acid groups (broad SMARTS) is 1. The predicted molar refractivity (Wildman–Crippen MR) is 127 cm³/mol. The van der Waals surface area contributed by atoms with E-state index in [1.54, 1.807) is 26.0 Å². The Morgan fingerprint density at radius 2 is 1.30 bits per heavy atom. The van der Waals surface area contributed by atoms with E-state index >= 15 is 0 Å². The van der Waals surface area contributed by atoms with Crippen LogP contribution < -0.4 is 10.9 Å². The average Bonchev–Trinajstić information content (AvgIpc) is 2.71. The van der Waals surface area contributed by atoms with Gasteiger partial charge in [0, 0.05) is 43.7 Å². The zero-order valence-corrected chi connectivity index (χ0v) is 19.8. The van der Waals surface area contributed by atoms with Gasteiger partial charge in [0.1, 0.15) is 23.0 Å². The third-order valence-corrected chi connectivity index (χ3v) is 5.59. The van der Waals surface area contributed by atoms with E-state index in [1.165, 1.54) is 24.3 Å². The third-order valence-electron chi connectivity index (χ3n) is 5.59. The zero-order chi connectivity index (χ0) is 24.6. The number of aliphatic carboxylic acids is 1. The van der Waals surface area contributed by atoms with Crippen molar-refractivity contribution in [3.63, 3.8) is 0 Å². The summed E-state index contributed by atoms with van der Waals surface area (Å²) in [6, 6.07) is 5.58. The summed E-state index contributed by atoms with van der Waals surface area (Å²) in [4.78, 5) is 35.3. The Hall–Kier alpha value is -2.93. The van der Waals surface area contributed by atoms with Gasteiger partial charge >= 0.3 is 5.97 Å². The number of hydrogen-bond donors (Lipinski definition) is 2. The molecule has 0 unspecified atom stereocenters. The Morgan fingerprint density at radius 3 is 1.73 bits per heavy atom. The highest BCUT2D eigenvalue weighted by Crippen LogP contribution is 2.24. The number of carboxylic acids is 1. The van der Waals surface area contributed by atoms with Crippen molar-refractivity contribution >= 4 is 18.1 Å². The lowest BCUT2D eigenvalue weighted by molar-refractivity contribution is -0.147. The normalized spacial score (nSPS) is 12.4. The number of carbonyl (C=O) groups is 1. The molecule has 2 N–H and O–H groups in total. The molecule has 0 spiro atoms. The highest BCUT2D eigenvalue weighted by Gasteiger charge is 2.26. The van der Waals surface area contributed by atoms with Gasteiger partial charge in [-0.05, 0) is 57.1 Å². The Balaban J connectivity index is 2.08. The molecule has 180 valence electrons. The van der Waals surface area contributed by atoms with Crippen LogP contribution in [0.15, 0.2) is 42.7 Å². The zero-order valence-electron chi connectivity index (χ0n) is 19.8. The standard InChI is InChI=1S/C26H34O7/c1-25(2,17-27)11-5-7-20-13-18(28)15-22(32-20)9-10-23-16-19(29)14-21(33-23)8-6-12-26(3,4)24(30)31/h9-10,13-16,27H,5-8,11-12,17H2,1-4H3,(H,30,31)/b10-9+. The van der Waals surface area contributed by atoms with E-state index in [1.807, 2.05) is 13.8 Å². The molecule has 2 heterocycles. The maximum absolute atomic E-state index is 12.0. The van der Waals surface area contributed by atoms with Crippen molar-refractivity contribution in [3.8, 4) is 0 Å². The Morgan fingerprint density at radius 1 is 0.848 bits per heavy atom. The fraction of sp³-hybridized carbons (Fsp3) is 0.500. The molecule has 0 aliphatic carbocycles. The van der Waals surface area contributed by atoms with Crippen LogP contribution in [-0.4, -0.2) is 22.8 Å². The summed E-state index contributed by atoms with van der Waals surface area (Å²) in [5.74, 6) is 0.863. The smallest absolute Gasteiger partial charge is 0.309 e. The average molecular weight is 459 g/mol. The molecule has 2 aromatic rings. The van der Waals surface area contributed by atoms with Crippen LogP contribution in [0.5, 0.6) is 0 Å². The third kappa shape index (κ3) is 8.85. The second kappa shape index (κ2) is 11.3. The van der Waals surface area contributed by atoms with Crippen LogP contribution in [-0.2, 0) is 17.6 Å². The van der Waals surface area contributed by atoms with Gasteiger partial charge < -0.3 is 19.0 Å². The van der Waals surface area contributed by atoms with Gasteiger partial charge in [0.25, 0.3) is 0 Å². The molecule has 0 atom stereocenters. The van der Waals surface area contributed by atoms with E-state index < -0.39 is 11.4 Å². The van der Waals surface area contributed by atoms with Crippen molar-refractivity contribution < 1.29 is 23.8 Å². The van der Waals surface area contributed by atoms with Gasteiger partial charge in [0.15, 0.2) is 10.9 Å². The highest BCUT2D eigenvalue weighted by atomic mass is 16.4. The van der Waals surface area contributed by atoms with Gasteiger partial charge in [-0.15, -0.1) is 0 Å². The summed E-state index contributed by atoms with van der Waals surface area (Å²) in [6.45, 7) is 7.40. The Bertz CT molecular complexity index is 1090. The van der Waals surface area contributed by atoms with Crippen molar-refractivity contribution in [2.24, 2.45) is 10.8 Å². The maximum atomic E-state index is 12.0. The summed E-state index contributed by atoms with van der Waals surface area (Å²) in [6.07, 6.45) is 6.79. The lowest BCUT2D eigenvalue weighted by atomic mass is 9.87. The number of rotatable bonds is 12. The van der Waals surface area contributed by atoms with Gasteiger partial charge in [-0.25, -0.2) is 0 Å². The minimum absolute atomic E-state index is 0.0985. The SMILES string of the molecule is CC(C)(CO)CCCc1cc(=O)cc(/C=C/c2cc(=O)cc(CCCC(C)(C)C(=O)O)o2)o1. The van der Waals surface area contributed by atoms with Crippen LogP contribution in [0.25, 0.3) is 12.2 Å². The van der Waals surface area contributed by atoms with Crippen LogP contribution in [0.3, 0.4) is 0 Å². The first-order valence-corrected chi connectivity index (χ1v) is 11.2. The van der Waals surface area contributed by atoms with Gasteiger partial charge in [-0.3, -0.25) is 14.4 Å². The number of aliphatic hydroxyl groups excluding tert-OH is 1. The fourth-order valence-corrected chi connectivity index (χ4v) is 3.31. The largest absolute Gasteiger partial charge is 0.481 e. The molecular weight excluding hydrogens is 424 g/mol. The first-order chi connectivity index (χ1) is 15.4. The molecule has 0 bridgehead atoms. The van der Waals surface area contributed by atoms with Gasteiger partial charge in [0.2, 0.25) is 0 Å². The van der Waals surface area contributed by atoms with E-state index in [2.05, 4.69) is 0 Å². The monoisotopic (exact) mass is 458 g/mol. The van der Waals surface area contributed by atoms with E-state index in [9.17, 15) is 24.6 Å². The van der Waals surface area contributed by atoms with E-state index in [0.717, 1.165) is 12.8 Å². The summed E-state index contributed by atoms with van der Waals surface area (Å²) < 4.78 is 11.5. The predicted octanol–water partition coefficient (Wildman–Crippen LogP) is 4.54. The minimum Gasteiger partial charge on any atom is -0.481 e. The van der Waals surface area contributed by atoms with Gasteiger partial charge in [-0.1, -0.05) is 13.8 Å². The van der Waals surface area contributed by atoms with E-state index in [-0.39, 0.29) is 22.9 Å². The molecule has 7 nitrogen and oxygen atoms in total. The maximum Gasteiger partial charge on any atom is 0.309 e. The molecule has 0 aliphatic heterocycles. The molecule has 2 rings (SSSR count). The first kappa shape index (κ1) is 26.3. The summed E-state index contributed by atoms with van der Waals surface area (Å²) in [7, 11) is 0. The van der Waals surface area contributed by atoms with Crippen LogP contribution in [0, 0.1) is 10.8 Å². The number of aliphatic hydroxyl groups is 1. The molecular formula is C26H34O7. The lowest BCUT2D eigenvalue weighted by Crippen LogP contribution is -2.23. The van der Waals surface area contributed by atoms with Crippen LogP contribution in [0.1, 0.15) is 76.4 Å². The molecule has 0 aromatic carbocycles. The Labute approximate surface area is 193 Å². The van der Waals surface area contributed by atoms with Crippen molar-refractivity contribution in [1.29, 1.82) is 0 Å². The second-order valence-electron chi connectivity index (χ2n) is 9.88. The van der Waals surface area contributed by atoms with E-state index in [0.29, 0.717) is 48.7 Å². The van der Waals surface area contributed by atoms with Crippen LogP contribution in [0.4, 0.5) is 0 Å². The Kier molecular flexibility index (Phi) is 8.99. The molecule has 0 aliphatic rings. The van der Waals surface area contributed by atoms with Crippen molar-refractivity contribution in [2.45, 2.75) is 66.2 Å². The summed E-state index contributed by atoms with van der Waals surface area (Å²) >= 11 is 0. The first-order valence-electron chi connectivity index (χ1n) is 11.2. The minimum atomic E-state index is -0.860. The van der Waals surface area contributed by atoms with Gasteiger partial charge in [-0.2, -0.15) is 0 Å². The molecule has 0 saturated heterocycles. The van der Waals surface area contributed by atoms with E-state index in [4.69, 9.17) is 8.83 Å². The second-order valence-corrected chi connectivity index (χ2v) is 9.88. The van der Waals surface area contributed by atoms with Gasteiger partial charge in [0.05, 0.1) is 5.41 Å². The fourth-order valence-electron chi connectivity index (χ4n) is 3.31. The molecule has 7 heteroatoms. The van der Waals surface area contributed by atoms with Crippen molar-refractivity contribution in [1.82, 2.24) is 0 Å². The quantitative estimate of drug-likeness (QED) is 0.479. The topological polar surface area (TPSA) is 118 Å². The molecule has 33 heavy (non-hydrogen) atoms. The highest BCUT2D eigenvalue weighted by molar-refractivity contribution is 5.73. The van der Waals surface area contributed by atoms with Crippen molar-refractivity contribution in [2.75, 3.05) is 6.61 Å². The summed E-state index contributed by atoms with van der Waals surface area (Å²) in [5, 5.41) is 18.6. The summed E-state index contributed by atoms with van der Waals surface area (Å²) in [5.41, 5.74) is -1.40. The van der Waals surface area contributed by atoms with Crippen molar-refractivity contribution in [3.05, 3.63) is 67.8 Å². The molecule has 0 fully saturated rings. The van der Waals surface area contributed by atoms with Crippen LogP contribution in [0.2, 0.25) is 0 Å². The molecule has 2 aromatic heterocycles. The lowest BCUT2D eigenvalue weighted by Gasteiger charge is -2.20.